The molecule has 0 unspecified atom stereocenters. The zero-order valence-electron chi connectivity index (χ0n) is 9.21. The SMILES string of the molecule is Brc1cc(N(Cc2cccs2)C2CC2)ncn1. The van der Waals surface area contributed by atoms with Crippen LogP contribution in [0.1, 0.15) is 17.7 Å². The highest BCUT2D eigenvalue weighted by Crippen LogP contribution is 2.33. The second kappa shape index (κ2) is 4.74. The van der Waals surface area contributed by atoms with Gasteiger partial charge < -0.3 is 4.90 Å². The number of rotatable bonds is 4. The van der Waals surface area contributed by atoms with Gasteiger partial charge >= 0.3 is 0 Å². The van der Waals surface area contributed by atoms with E-state index in [0.717, 1.165) is 17.0 Å². The van der Waals surface area contributed by atoms with Crippen LogP contribution in [0, 0.1) is 0 Å². The fourth-order valence-electron chi connectivity index (χ4n) is 1.84. The summed E-state index contributed by atoms with van der Waals surface area (Å²) >= 11 is 5.20. The topological polar surface area (TPSA) is 29.0 Å². The van der Waals surface area contributed by atoms with Gasteiger partial charge in [0, 0.05) is 17.0 Å². The number of thiophene rings is 1. The van der Waals surface area contributed by atoms with Crippen molar-refractivity contribution in [2.45, 2.75) is 25.4 Å². The van der Waals surface area contributed by atoms with Crippen LogP contribution in [0.4, 0.5) is 5.82 Å². The lowest BCUT2D eigenvalue weighted by atomic mass is 10.4. The van der Waals surface area contributed by atoms with Crippen molar-refractivity contribution >= 4 is 33.1 Å². The highest BCUT2D eigenvalue weighted by atomic mass is 79.9. The molecule has 1 fully saturated rings. The van der Waals surface area contributed by atoms with Crippen LogP contribution in [0.15, 0.2) is 34.5 Å². The molecule has 5 heteroatoms. The summed E-state index contributed by atoms with van der Waals surface area (Å²) in [7, 11) is 0. The van der Waals surface area contributed by atoms with E-state index in [1.807, 2.05) is 6.07 Å². The van der Waals surface area contributed by atoms with E-state index < -0.39 is 0 Å². The van der Waals surface area contributed by atoms with Crippen molar-refractivity contribution < 1.29 is 0 Å². The van der Waals surface area contributed by atoms with E-state index in [9.17, 15) is 0 Å². The first kappa shape index (κ1) is 11.2. The second-order valence-corrected chi connectivity index (χ2v) is 5.98. The maximum atomic E-state index is 4.37. The van der Waals surface area contributed by atoms with Crippen LogP contribution < -0.4 is 4.90 Å². The highest BCUT2D eigenvalue weighted by molar-refractivity contribution is 9.10. The van der Waals surface area contributed by atoms with Crippen molar-refractivity contribution in [3.05, 3.63) is 39.4 Å². The molecule has 0 aromatic carbocycles. The third-order valence-corrected chi connectivity index (χ3v) is 4.10. The van der Waals surface area contributed by atoms with Gasteiger partial charge in [-0.15, -0.1) is 11.3 Å². The van der Waals surface area contributed by atoms with Gasteiger partial charge in [-0.25, -0.2) is 9.97 Å². The van der Waals surface area contributed by atoms with E-state index in [-0.39, 0.29) is 0 Å². The summed E-state index contributed by atoms with van der Waals surface area (Å²) in [6, 6.07) is 6.92. The molecule has 1 aliphatic carbocycles. The van der Waals surface area contributed by atoms with Gasteiger partial charge in [0.1, 0.15) is 16.7 Å². The highest BCUT2D eigenvalue weighted by Gasteiger charge is 2.30. The van der Waals surface area contributed by atoms with Crippen LogP contribution in [-0.4, -0.2) is 16.0 Å². The Kier molecular flexibility index (Phi) is 3.11. The minimum absolute atomic E-state index is 0.652. The Labute approximate surface area is 113 Å². The molecule has 0 saturated heterocycles. The van der Waals surface area contributed by atoms with Gasteiger partial charge in [0.2, 0.25) is 0 Å². The molecule has 1 saturated carbocycles. The lowest BCUT2D eigenvalue weighted by molar-refractivity contribution is 0.782. The summed E-state index contributed by atoms with van der Waals surface area (Å²) in [5.41, 5.74) is 0. The van der Waals surface area contributed by atoms with Gasteiger partial charge in [-0.05, 0) is 40.2 Å². The molecule has 88 valence electrons. The van der Waals surface area contributed by atoms with Crippen molar-refractivity contribution in [3.8, 4) is 0 Å². The number of halogens is 1. The monoisotopic (exact) mass is 309 g/mol. The summed E-state index contributed by atoms with van der Waals surface area (Å²) < 4.78 is 0.847. The van der Waals surface area contributed by atoms with E-state index in [4.69, 9.17) is 0 Å². The van der Waals surface area contributed by atoms with Crippen molar-refractivity contribution in [1.29, 1.82) is 0 Å². The lowest BCUT2D eigenvalue weighted by Crippen LogP contribution is -2.25. The van der Waals surface area contributed by atoms with Gasteiger partial charge in [0.25, 0.3) is 0 Å². The molecular formula is C12H12BrN3S. The minimum atomic E-state index is 0.652. The van der Waals surface area contributed by atoms with Gasteiger partial charge in [-0.2, -0.15) is 0 Å². The average Bonchev–Trinajstić information content (AvgIpc) is 3.03. The van der Waals surface area contributed by atoms with E-state index in [1.165, 1.54) is 17.7 Å². The summed E-state index contributed by atoms with van der Waals surface area (Å²) in [4.78, 5) is 12.2. The van der Waals surface area contributed by atoms with E-state index in [0.29, 0.717) is 6.04 Å². The van der Waals surface area contributed by atoms with Crippen LogP contribution in [0.5, 0.6) is 0 Å². The van der Waals surface area contributed by atoms with Crippen LogP contribution >= 0.6 is 27.3 Å². The maximum absolute atomic E-state index is 4.37. The molecule has 17 heavy (non-hydrogen) atoms. The minimum Gasteiger partial charge on any atom is -0.348 e. The fraction of sp³-hybridized carbons (Fsp3) is 0.333. The molecule has 0 amide bonds. The largest absolute Gasteiger partial charge is 0.348 e. The Morgan fingerprint density at radius 1 is 1.41 bits per heavy atom. The Bertz CT molecular complexity index is 496. The molecule has 0 spiro atoms. The summed E-state index contributed by atoms with van der Waals surface area (Å²) in [5.74, 6) is 1.02. The normalized spacial score (nSPS) is 14.9. The maximum Gasteiger partial charge on any atom is 0.133 e. The number of hydrogen-bond donors (Lipinski definition) is 0. The Morgan fingerprint density at radius 2 is 2.29 bits per heavy atom. The van der Waals surface area contributed by atoms with E-state index in [2.05, 4.69) is 48.3 Å². The van der Waals surface area contributed by atoms with Gasteiger partial charge in [0.15, 0.2) is 0 Å². The molecule has 3 nitrogen and oxygen atoms in total. The molecule has 2 heterocycles. The van der Waals surface area contributed by atoms with E-state index >= 15 is 0 Å². The van der Waals surface area contributed by atoms with Crippen molar-refractivity contribution in [2.75, 3.05) is 4.90 Å². The van der Waals surface area contributed by atoms with Crippen molar-refractivity contribution in [2.24, 2.45) is 0 Å². The Morgan fingerprint density at radius 3 is 2.94 bits per heavy atom. The summed E-state index contributed by atoms with van der Waals surface area (Å²) in [6.45, 7) is 0.950. The molecule has 0 aliphatic heterocycles. The average molecular weight is 310 g/mol. The zero-order chi connectivity index (χ0) is 11.7. The van der Waals surface area contributed by atoms with Gasteiger partial charge in [-0.3, -0.25) is 0 Å². The van der Waals surface area contributed by atoms with Crippen molar-refractivity contribution in [3.63, 3.8) is 0 Å². The predicted molar refractivity (Wildman–Crippen MR) is 73.3 cm³/mol. The van der Waals surface area contributed by atoms with Gasteiger partial charge in [-0.1, -0.05) is 6.07 Å². The lowest BCUT2D eigenvalue weighted by Gasteiger charge is -2.22. The van der Waals surface area contributed by atoms with Crippen LogP contribution in [0.2, 0.25) is 0 Å². The third kappa shape index (κ3) is 2.66. The molecule has 2 aromatic heterocycles. The summed E-state index contributed by atoms with van der Waals surface area (Å²) in [6.07, 6.45) is 4.16. The second-order valence-electron chi connectivity index (χ2n) is 4.14. The number of hydrogen-bond acceptors (Lipinski definition) is 4. The van der Waals surface area contributed by atoms with E-state index in [1.54, 1.807) is 17.7 Å². The summed E-state index contributed by atoms with van der Waals surface area (Å²) in [5, 5.41) is 2.12. The molecule has 0 N–H and O–H groups in total. The molecule has 1 aliphatic rings. The first-order valence-corrected chi connectivity index (χ1v) is 7.27. The molecular weight excluding hydrogens is 298 g/mol. The Balaban J connectivity index is 1.85. The molecule has 0 radical (unpaired) electrons. The quantitative estimate of drug-likeness (QED) is 0.810. The third-order valence-electron chi connectivity index (χ3n) is 2.81. The van der Waals surface area contributed by atoms with Gasteiger partial charge in [0.05, 0.1) is 6.54 Å². The number of anilines is 1. The molecule has 0 bridgehead atoms. The van der Waals surface area contributed by atoms with Crippen molar-refractivity contribution in [1.82, 2.24) is 9.97 Å². The fourth-order valence-corrected chi connectivity index (χ4v) is 2.83. The van der Waals surface area contributed by atoms with Crippen LogP contribution in [0.3, 0.4) is 0 Å². The standard InChI is InChI=1S/C12H12BrN3S/c13-11-6-12(15-8-14-11)16(9-3-4-9)7-10-2-1-5-17-10/h1-2,5-6,8-9H,3-4,7H2. The predicted octanol–water partition coefficient (Wildman–Crippen LogP) is 3.47. The number of aromatic nitrogens is 2. The zero-order valence-corrected chi connectivity index (χ0v) is 11.6. The van der Waals surface area contributed by atoms with Crippen LogP contribution in [-0.2, 0) is 6.54 Å². The molecule has 0 atom stereocenters. The van der Waals surface area contributed by atoms with Crippen LogP contribution in [0.25, 0.3) is 0 Å². The molecule has 3 rings (SSSR count). The Hall–Kier alpha value is -0.940. The first-order chi connectivity index (χ1) is 8.33. The molecule has 2 aromatic rings. The first-order valence-electron chi connectivity index (χ1n) is 5.59. The number of nitrogens with zero attached hydrogens (tertiary/aromatic N) is 3. The smallest absolute Gasteiger partial charge is 0.133 e.